The predicted molar refractivity (Wildman–Crippen MR) is 91.9 cm³/mol. The fraction of sp³-hybridized carbons (Fsp3) is 0.278. The molecule has 0 heterocycles. The van der Waals surface area contributed by atoms with Crippen molar-refractivity contribution in [1.82, 2.24) is 0 Å². The standard InChI is InChI=1S/C18H17F4NO2.ClH/c1-3-25-14(24)8-13(23)16-17(21)9(2)7-10(18(16)22)15-11(19)5-4-6-12(15)20;/h4-7,13H,3,8,23H2,1-2H3;1H/t13-;/m0./s1. The molecule has 2 rings (SSSR count). The van der Waals surface area contributed by atoms with Crippen LogP contribution in [-0.2, 0) is 9.53 Å². The number of hydrogen-bond donors (Lipinski definition) is 1. The first-order chi connectivity index (χ1) is 11.8. The number of esters is 1. The Hall–Kier alpha value is -2.12. The Balaban J connectivity index is 0.00000338. The van der Waals surface area contributed by atoms with Crippen molar-refractivity contribution in [1.29, 1.82) is 0 Å². The Morgan fingerprint density at radius 1 is 1.15 bits per heavy atom. The summed E-state index contributed by atoms with van der Waals surface area (Å²) in [7, 11) is 0. The maximum Gasteiger partial charge on any atom is 0.307 e. The number of halogens is 5. The zero-order valence-corrected chi connectivity index (χ0v) is 14.9. The lowest BCUT2D eigenvalue weighted by Gasteiger charge is -2.18. The van der Waals surface area contributed by atoms with Crippen LogP contribution in [0.15, 0.2) is 24.3 Å². The Bertz CT molecular complexity index is 794. The summed E-state index contributed by atoms with van der Waals surface area (Å²) in [4.78, 5) is 11.5. The average molecular weight is 392 g/mol. The molecule has 2 aromatic rings. The summed E-state index contributed by atoms with van der Waals surface area (Å²) >= 11 is 0. The van der Waals surface area contributed by atoms with Crippen LogP contribution >= 0.6 is 12.4 Å². The third-order valence-electron chi connectivity index (χ3n) is 3.71. The average Bonchev–Trinajstić information content (AvgIpc) is 2.52. The lowest BCUT2D eigenvalue weighted by atomic mass is 9.93. The highest BCUT2D eigenvalue weighted by molar-refractivity contribution is 5.85. The van der Waals surface area contributed by atoms with Gasteiger partial charge in [-0.25, -0.2) is 17.6 Å². The van der Waals surface area contributed by atoms with Gasteiger partial charge in [0, 0.05) is 17.2 Å². The molecular formula is C18H18ClF4NO2. The van der Waals surface area contributed by atoms with Gasteiger partial charge in [0.2, 0.25) is 0 Å². The molecule has 3 nitrogen and oxygen atoms in total. The lowest BCUT2D eigenvalue weighted by Crippen LogP contribution is -2.20. The van der Waals surface area contributed by atoms with Gasteiger partial charge in [-0.3, -0.25) is 4.79 Å². The molecule has 0 radical (unpaired) electrons. The molecule has 0 saturated carbocycles. The van der Waals surface area contributed by atoms with E-state index in [0.717, 1.165) is 24.3 Å². The molecule has 0 spiro atoms. The number of carbonyl (C=O) groups excluding carboxylic acids is 1. The van der Waals surface area contributed by atoms with E-state index in [1.54, 1.807) is 6.92 Å². The van der Waals surface area contributed by atoms with Gasteiger partial charge in [-0.2, -0.15) is 0 Å². The predicted octanol–water partition coefficient (Wildman–Crippen LogP) is 4.59. The van der Waals surface area contributed by atoms with Crippen molar-refractivity contribution in [3.63, 3.8) is 0 Å². The summed E-state index contributed by atoms with van der Waals surface area (Å²) in [6.45, 7) is 2.99. The van der Waals surface area contributed by atoms with Gasteiger partial charge < -0.3 is 10.5 Å². The number of ether oxygens (including phenoxy) is 1. The van der Waals surface area contributed by atoms with E-state index in [4.69, 9.17) is 10.5 Å². The fourth-order valence-corrected chi connectivity index (χ4v) is 2.56. The minimum atomic E-state index is -1.35. The SMILES string of the molecule is CCOC(=O)C[C@H](N)c1c(F)c(C)cc(-c2c(F)cccc2F)c1F.Cl. The first-order valence-electron chi connectivity index (χ1n) is 7.62. The van der Waals surface area contributed by atoms with Crippen molar-refractivity contribution in [2.24, 2.45) is 5.73 Å². The first kappa shape index (κ1) is 21.9. The highest BCUT2D eigenvalue weighted by Gasteiger charge is 2.26. The number of hydrogen-bond acceptors (Lipinski definition) is 3. The Morgan fingerprint density at radius 3 is 2.27 bits per heavy atom. The molecule has 2 aromatic carbocycles. The molecule has 0 unspecified atom stereocenters. The summed E-state index contributed by atoms with van der Waals surface area (Å²) in [5.74, 6) is -4.88. The molecule has 1 atom stereocenters. The smallest absolute Gasteiger partial charge is 0.307 e. The summed E-state index contributed by atoms with van der Waals surface area (Å²) in [6.07, 6.45) is -0.468. The second-order valence-corrected chi connectivity index (χ2v) is 5.49. The van der Waals surface area contributed by atoms with Crippen LogP contribution in [0.2, 0.25) is 0 Å². The van der Waals surface area contributed by atoms with Crippen LogP contribution in [0.5, 0.6) is 0 Å². The largest absolute Gasteiger partial charge is 0.466 e. The van der Waals surface area contributed by atoms with E-state index in [2.05, 4.69) is 0 Å². The third-order valence-corrected chi connectivity index (χ3v) is 3.71. The molecule has 0 bridgehead atoms. The fourth-order valence-electron chi connectivity index (χ4n) is 2.56. The summed E-state index contributed by atoms with van der Waals surface area (Å²) in [5, 5.41) is 0. The maximum atomic E-state index is 14.8. The van der Waals surface area contributed by atoms with Crippen molar-refractivity contribution >= 4 is 18.4 Å². The maximum absolute atomic E-state index is 14.8. The number of nitrogens with two attached hydrogens (primary N) is 1. The van der Waals surface area contributed by atoms with Gasteiger partial charge in [0.05, 0.1) is 18.6 Å². The van der Waals surface area contributed by atoms with E-state index in [0.29, 0.717) is 0 Å². The van der Waals surface area contributed by atoms with Crippen LogP contribution in [0.4, 0.5) is 17.6 Å². The number of aryl methyl sites for hydroxylation is 1. The van der Waals surface area contributed by atoms with Crippen LogP contribution in [-0.4, -0.2) is 12.6 Å². The lowest BCUT2D eigenvalue weighted by molar-refractivity contribution is -0.143. The van der Waals surface area contributed by atoms with Gasteiger partial charge in [-0.1, -0.05) is 6.07 Å². The zero-order valence-electron chi connectivity index (χ0n) is 14.1. The van der Waals surface area contributed by atoms with Gasteiger partial charge in [-0.15, -0.1) is 12.4 Å². The van der Waals surface area contributed by atoms with Gasteiger partial charge in [0.15, 0.2) is 0 Å². The Kier molecular flexibility index (Phi) is 7.59. The van der Waals surface area contributed by atoms with Crippen molar-refractivity contribution in [3.8, 4) is 11.1 Å². The summed E-state index contributed by atoms with van der Waals surface area (Å²) in [6, 6.07) is 2.72. The van der Waals surface area contributed by atoms with E-state index < -0.39 is 58.4 Å². The molecule has 142 valence electrons. The number of rotatable bonds is 5. The molecule has 0 aliphatic carbocycles. The van der Waals surface area contributed by atoms with Crippen molar-refractivity contribution in [3.05, 3.63) is 58.7 Å². The molecule has 0 amide bonds. The first-order valence-corrected chi connectivity index (χ1v) is 7.62. The topological polar surface area (TPSA) is 52.3 Å². The second kappa shape index (κ2) is 9.00. The molecule has 2 N–H and O–H groups in total. The van der Waals surface area contributed by atoms with Crippen molar-refractivity contribution in [2.75, 3.05) is 6.61 Å². The van der Waals surface area contributed by atoms with Gasteiger partial charge >= 0.3 is 5.97 Å². The van der Waals surface area contributed by atoms with Gasteiger partial charge in [-0.05, 0) is 37.6 Å². The highest BCUT2D eigenvalue weighted by Crippen LogP contribution is 2.35. The summed E-state index contributed by atoms with van der Waals surface area (Å²) in [5.41, 5.74) is 4.03. The minimum absolute atomic E-state index is 0. The Labute approximate surface area is 154 Å². The molecule has 26 heavy (non-hydrogen) atoms. The molecule has 8 heteroatoms. The van der Waals surface area contributed by atoms with E-state index >= 15 is 0 Å². The highest BCUT2D eigenvalue weighted by atomic mass is 35.5. The third kappa shape index (κ3) is 4.34. The zero-order chi connectivity index (χ0) is 18.7. The molecule has 0 aromatic heterocycles. The van der Waals surface area contributed by atoms with Gasteiger partial charge in [0.25, 0.3) is 0 Å². The monoisotopic (exact) mass is 391 g/mol. The van der Waals surface area contributed by atoms with Crippen LogP contribution in [0, 0.1) is 30.2 Å². The number of benzene rings is 2. The van der Waals surface area contributed by atoms with Crippen LogP contribution in [0.1, 0.15) is 30.5 Å². The molecule has 0 aliphatic rings. The summed E-state index contributed by atoms with van der Waals surface area (Å²) < 4.78 is 61.9. The van der Waals surface area contributed by atoms with E-state index in [1.807, 2.05) is 0 Å². The molecule has 0 saturated heterocycles. The normalized spacial score (nSPS) is 11.7. The van der Waals surface area contributed by atoms with E-state index in [-0.39, 0.29) is 24.6 Å². The van der Waals surface area contributed by atoms with E-state index in [9.17, 15) is 22.4 Å². The van der Waals surface area contributed by atoms with Crippen molar-refractivity contribution in [2.45, 2.75) is 26.3 Å². The van der Waals surface area contributed by atoms with Crippen LogP contribution in [0.25, 0.3) is 11.1 Å². The van der Waals surface area contributed by atoms with E-state index in [1.165, 1.54) is 6.92 Å². The quantitative estimate of drug-likeness (QED) is 0.599. The number of carbonyl (C=O) groups is 1. The Morgan fingerprint density at radius 2 is 1.73 bits per heavy atom. The van der Waals surface area contributed by atoms with Crippen LogP contribution in [0.3, 0.4) is 0 Å². The molecule has 0 fully saturated rings. The van der Waals surface area contributed by atoms with Crippen molar-refractivity contribution < 1.29 is 27.1 Å². The second-order valence-electron chi connectivity index (χ2n) is 5.49. The molecule has 0 aliphatic heterocycles. The minimum Gasteiger partial charge on any atom is -0.466 e. The molecular weight excluding hydrogens is 374 g/mol. The van der Waals surface area contributed by atoms with Crippen LogP contribution < -0.4 is 5.73 Å². The van der Waals surface area contributed by atoms with Gasteiger partial charge in [0.1, 0.15) is 23.3 Å².